The van der Waals surface area contributed by atoms with Crippen LogP contribution in [0.15, 0.2) is 24.5 Å². The van der Waals surface area contributed by atoms with Crippen LogP contribution in [0.3, 0.4) is 0 Å². The number of carbonyl (C=O) groups excluding carboxylic acids is 1. The largest absolute Gasteiger partial charge is 0.348 e. The lowest BCUT2D eigenvalue weighted by atomic mass is 10.0. The number of amides is 1. The van der Waals surface area contributed by atoms with Gasteiger partial charge in [-0.05, 0) is 30.5 Å². The van der Waals surface area contributed by atoms with Crippen LogP contribution < -0.4 is 11.1 Å². The molecule has 0 aliphatic rings. The first-order valence-electron chi connectivity index (χ1n) is 5.48. The fraction of sp³-hybridized carbons (Fsp3) is 0.500. The zero-order valence-corrected chi connectivity index (χ0v) is 9.97. The molecule has 4 heteroatoms. The van der Waals surface area contributed by atoms with Gasteiger partial charge >= 0.3 is 0 Å². The van der Waals surface area contributed by atoms with Crippen molar-refractivity contribution in [2.45, 2.75) is 32.9 Å². The zero-order chi connectivity index (χ0) is 12.1. The fourth-order valence-electron chi connectivity index (χ4n) is 1.35. The lowest BCUT2D eigenvalue weighted by Gasteiger charge is -2.19. The van der Waals surface area contributed by atoms with Gasteiger partial charge in [0.15, 0.2) is 0 Å². The normalized spacial score (nSPS) is 14.6. The van der Waals surface area contributed by atoms with E-state index >= 15 is 0 Å². The van der Waals surface area contributed by atoms with E-state index in [1.54, 1.807) is 12.4 Å². The van der Waals surface area contributed by atoms with Crippen LogP contribution in [0.5, 0.6) is 0 Å². The first kappa shape index (κ1) is 12.6. The van der Waals surface area contributed by atoms with Crippen LogP contribution in [0.2, 0.25) is 0 Å². The standard InChI is InChI=1S/C12H19N3O/c1-8(2)11(13)12(16)15-9(3)10-4-6-14-7-5-10/h4-9,11H,13H2,1-3H3,(H,15,16)/t9?,11-/m1/s1. The molecular weight excluding hydrogens is 202 g/mol. The molecule has 4 nitrogen and oxygen atoms in total. The van der Waals surface area contributed by atoms with Crippen LogP contribution in [0.4, 0.5) is 0 Å². The Labute approximate surface area is 96.3 Å². The highest BCUT2D eigenvalue weighted by Crippen LogP contribution is 2.10. The van der Waals surface area contributed by atoms with E-state index in [4.69, 9.17) is 5.73 Å². The first-order chi connectivity index (χ1) is 7.52. The van der Waals surface area contributed by atoms with E-state index in [9.17, 15) is 4.79 Å². The van der Waals surface area contributed by atoms with Crippen LogP contribution >= 0.6 is 0 Å². The van der Waals surface area contributed by atoms with E-state index < -0.39 is 6.04 Å². The molecule has 0 radical (unpaired) electrons. The Kier molecular flexibility index (Phi) is 4.43. The summed E-state index contributed by atoms with van der Waals surface area (Å²) in [5.74, 6) is 0.0314. The second kappa shape index (κ2) is 5.61. The van der Waals surface area contributed by atoms with E-state index in [0.29, 0.717) is 0 Å². The van der Waals surface area contributed by atoms with Gasteiger partial charge in [0.1, 0.15) is 0 Å². The Bertz CT molecular complexity index is 337. The maximum atomic E-state index is 11.7. The predicted octanol–water partition coefficient (Wildman–Crippen LogP) is 1.24. The molecule has 0 aromatic carbocycles. The average Bonchev–Trinajstić information content (AvgIpc) is 2.28. The van der Waals surface area contributed by atoms with Crippen molar-refractivity contribution in [3.05, 3.63) is 30.1 Å². The lowest BCUT2D eigenvalue weighted by Crippen LogP contribution is -2.44. The highest BCUT2D eigenvalue weighted by molar-refractivity contribution is 5.82. The number of hydrogen-bond donors (Lipinski definition) is 2. The Morgan fingerprint density at radius 2 is 1.88 bits per heavy atom. The quantitative estimate of drug-likeness (QED) is 0.803. The van der Waals surface area contributed by atoms with Crippen molar-refractivity contribution in [1.29, 1.82) is 0 Å². The van der Waals surface area contributed by atoms with Gasteiger partial charge in [0.05, 0.1) is 12.1 Å². The van der Waals surface area contributed by atoms with Crippen molar-refractivity contribution in [2.24, 2.45) is 11.7 Å². The summed E-state index contributed by atoms with van der Waals surface area (Å²) < 4.78 is 0. The molecule has 1 amide bonds. The molecule has 0 saturated heterocycles. The number of nitrogens with one attached hydrogen (secondary N) is 1. The molecule has 0 fully saturated rings. The summed E-state index contributed by atoms with van der Waals surface area (Å²) >= 11 is 0. The number of aromatic nitrogens is 1. The number of carbonyl (C=O) groups is 1. The van der Waals surface area contributed by atoms with Crippen LogP contribution in [-0.4, -0.2) is 16.9 Å². The summed E-state index contributed by atoms with van der Waals surface area (Å²) in [7, 11) is 0. The van der Waals surface area contributed by atoms with E-state index in [1.807, 2.05) is 32.9 Å². The van der Waals surface area contributed by atoms with Crippen molar-refractivity contribution < 1.29 is 4.79 Å². The van der Waals surface area contributed by atoms with Gasteiger partial charge in [-0.25, -0.2) is 0 Å². The minimum Gasteiger partial charge on any atom is -0.348 e. The van der Waals surface area contributed by atoms with Crippen LogP contribution in [0.1, 0.15) is 32.4 Å². The van der Waals surface area contributed by atoms with Gasteiger partial charge in [-0.2, -0.15) is 0 Å². The Morgan fingerprint density at radius 1 is 1.31 bits per heavy atom. The van der Waals surface area contributed by atoms with Crippen molar-refractivity contribution in [1.82, 2.24) is 10.3 Å². The molecule has 0 spiro atoms. The number of nitrogens with two attached hydrogens (primary N) is 1. The van der Waals surface area contributed by atoms with Gasteiger partial charge in [0.2, 0.25) is 5.91 Å². The first-order valence-corrected chi connectivity index (χ1v) is 5.48. The molecule has 1 aromatic rings. The van der Waals surface area contributed by atoms with Crippen molar-refractivity contribution >= 4 is 5.91 Å². The van der Waals surface area contributed by atoms with Gasteiger partial charge in [0.25, 0.3) is 0 Å². The molecule has 1 rings (SSSR count). The van der Waals surface area contributed by atoms with E-state index in [-0.39, 0.29) is 17.9 Å². The van der Waals surface area contributed by atoms with Crippen molar-refractivity contribution in [2.75, 3.05) is 0 Å². The number of nitrogens with zero attached hydrogens (tertiary/aromatic N) is 1. The minimum atomic E-state index is -0.454. The van der Waals surface area contributed by atoms with E-state index in [1.165, 1.54) is 0 Å². The zero-order valence-electron chi connectivity index (χ0n) is 9.97. The van der Waals surface area contributed by atoms with Gasteiger partial charge in [0, 0.05) is 12.4 Å². The van der Waals surface area contributed by atoms with Crippen molar-refractivity contribution in [3.8, 4) is 0 Å². The third-order valence-electron chi connectivity index (χ3n) is 2.59. The minimum absolute atomic E-state index is 0.0414. The summed E-state index contributed by atoms with van der Waals surface area (Å²) in [4.78, 5) is 15.6. The Hall–Kier alpha value is -1.42. The molecule has 1 heterocycles. The van der Waals surface area contributed by atoms with Gasteiger partial charge < -0.3 is 11.1 Å². The summed E-state index contributed by atoms with van der Waals surface area (Å²) in [6.07, 6.45) is 3.42. The van der Waals surface area contributed by atoms with Crippen LogP contribution in [-0.2, 0) is 4.79 Å². The molecule has 3 N–H and O–H groups in total. The van der Waals surface area contributed by atoms with Crippen molar-refractivity contribution in [3.63, 3.8) is 0 Å². The van der Waals surface area contributed by atoms with Crippen LogP contribution in [0.25, 0.3) is 0 Å². The maximum absolute atomic E-state index is 11.7. The molecule has 1 unspecified atom stereocenters. The third-order valence-corrected chi connectivity index (χ3v) is 2.59. The molecule has 16 heavy (non-hydrogen) atoms. The average molecular weight is 221 g/mol. The molecule has 0 bridgehead atoms. The summed E-state index contributed by atoms with van der Waals surface area (Å²) in [5.41, 5.74) is 6.79. The molecule has 0 aliphatic carbocycles. The highest BCUT2D eigenvalue weighted by Gasteiger charge is 2.19. The summed E-state index contributed by atoms with van der Waals surface area (Å²) in [6, 6.07) is 3.27. The number of hydrogen-bond acceptors (Lipinski definition) is 3. The highest BCUT2D eigenvalue weighted by atomic mass is 16.2. The van der Waals surface area contributed by atoms with Crippen LogP contribution in [0, 0.1) is 5.92 Å². The van der Waals surface area contributed by atoms with Gasteiger partial charge in [-0.1, -0.05) is 13.8 Å². The molecule has 1 aromatic heterocycles. The predicted molar refractivity (Wildman–Crippen MR) is 63.6 cm³/mol. The SMILES string of the molecule is CC(NC(=O)[C@H](N)C(C)C)c1ccncc1. The lowest BCUT2D eigenvalue weighted by molar-refractivity contribution is -0.123. The molecule has 88 valence electrons. The molecule has 2 atom stereocenters. The topological polar surface area (TPSA) is 68.0 Å². The molecular formula is C12H19N3O. The van der Waals surface area contributed by atoms with Gasteiger partial charge in [-0.3, -0.25) is 9.78 Å². The second-order valence-corrected chi connectivity index (χ2v) is 4.28. The third kappa shape index (κ3) is 3.31. The summed E-state index contributed by atoms with van der Waals surface area (Å²) in [6.45, 7) is 5.79. The Morgan fingerprint density at radius 3 is 2.38 bits per heavy atom. The van der Waals surface area contributed by atoms with Gasteiger partial charge in [-0.15, -0.1) is 0 Å². The number of pyridine rings is 1. The summed E-state index contributed by atoms with van der Waals surface area (Å²) in [5, 5.41) is 2.89. The molecule has 0 aliphatic heterocycles. The Balaban J connectivity index is 2.58. The number of rotatable bonds is 4. The van der Waals surface area contributed by atoms with E-state index in [2.05, 4.69) is 10.3 Å². The maximum Gasteiger partial charge on any atom is 0.237 e. The second-order valence-electron chi connectivity index (χ2n) is 4.28. The molecule has 0 saturated carbocycles. The smallest absolute Gasteiger partial charge is 0.237 e. The fourth-order valence-corrected chi connectivity index (χ4v) is 1.35. The van der Waals surface area contributed by atoms with E-state index in [0.717, 1.165) is 5.56 Å². The monoisotopic (exact) mass is 221 g/mol.